The molecule has 0 saturated carbocycles. The average Bonchev–Trinajstić information content (AvgIpc) is 2.92. The Bertz CT molecular complexity index is 458. The van der Waals surface area contributed by atoms with Gasteiger partial charge in [-0.05, 0) is 28.5 Å². The zero-order valence-electron chi connectivity index (χ0n) is 10.3. The van der Waals surface area contributed by atoms with Crippen LogP contribution in [0.4, 0.5) is 0 Å². The maximum Gasteiger partial charge on any atom is 0.166 e. The molecule has 1 N–H and O–H groups in total. The fourth-order valence-electron chi connectivity index (χ4n) is 1.72. The summed E-state index contributed by atoms with van der Waals surface area (Å²) >= 11 is 1.68. The Hall–Kier alpha value is -1.52. The van der Waals surface area contributed by atoms with Crippen LogP contribution in [0, 0.1) is 0 Å². The van der Waals surface area contributed by atoms with Crippen molar-refractivity contribution < 1.29 is 14.6 Å². The molecule has 0 amide bonds. The van der Waals surface area contributed by atoms with Crippen molar-refractivity contribution in [2.75, 3.05) is 13.7 Å². The van der Waals surface area contributed by atoms with Gasteiger partial charge in [0.1, 0.15) is 0 Å². The Balaban J connectivity index is 2.03. The number of rotatable bonds is 6. The average molecular weight is 264 g/mol. The lowest BCUT2D eigenvalue weighted by atomic mass is 10.2. The Morgan fingerprint density at radius 3 is 2.83 bits per heavy atom. The van der Waals surface area contributed by atoms with Gasteiger partial charge in [0, 0.05) is 12.0 Å². The van der Waals surface area contributed by atoms with Crippen LogP contribution in [-0.4, -0.2) is 18.8 Å². The highest BCUT2D eigenvalue weighted by Crippen LogP contribution is 2.31. The van der Waals surface area contributed by atoms with Crippen LogP contribution in [0.1, 0.15) is 11.1 Å². The molecule has 0 saturated heterocycles. The van der Waals surface area contributed by atoms with E-state index in [-0.39, 0.29) is 6.61 Å². The van der Waals surface area contributed by atoms with Gasteiger partial charge in [0.25, 0.3) is 0 Å². The van der Waals surface area contributed by atoms with E-state index in [4.69, 9.17) is 9.47 Å². The molecule has 2 rings (SSSR count). The number of hydrogen-bond acceptors (Lipinski definition) is 4. The number of methoxy groups -OCH3 is 1. The van der Waals surface area contributed by atoms with E-state index in [2.05, 4.69) is 16.8 Å². The van der Waals surface area contributed by atoms with Crippen LogP contribution in [0.2, 0.25) is 0 Å². The highest BCUT2D eigenvalue weighted by atomic mass is 32.1. The van der Waals surface area contributed by atoms with Gasteiger partial charge < -0.3 is 14.6 Å². The van der Waals surface area contributed by atoms with E-state index < -0.39 is 0 Å². The first-order chi connectivity index (χ1) is 8.85. The fraction of sp³-hybridized carbons (Fsp3) is 0.286. The second-order valence-electron chi connectivity index (χ2n) is 3.84. The number of para-hydroxylation sites is 1. The Morgan fingerprint density at radius 1 is 1.28 bits per heavy atom. The Kier molecular flexibility index (Phi) is 4.61. The molecule has 3 nitrogen and oxygen atoms in total. The zero-order valence-corrected chi connectivity index (χ0v) is 11.1. The van der Waals surface area contributed by atoms with Crippen molar-refractivity contribution in [1.82, 2.24) is 0 Å². The molecular formula is C14H16O3S. The molecule has 0 aliphatic heterocycles. The largest absolute Gasteiger partial charge is 0.493 e. The second-order valence-corrected chi connectivity index (χ2v) is 4.62. The Morgan fingerprint density at radius 2 is 2.17 bits per heavy atom. The zero-order chi connectivity index (χ0) is 12.8. The molecular weight excluding hydrogens is 248 g/mol. The summed E-state index contributed by atoms with van der Waals surface area (Å²) in [6, 6.07) is 7.60. The van der Waals surface area contributed by atoms with Crippen molar-refractivity contribution >= 4 is 11.3 Å². The highest BCUT2D eigenvalue weighted by Gasteiger charge is 2.09. The lowest BCUT2D eigenvalue weighted by Crippen LogP contribution is -2.04. The van der Waals surface area contributed by atoms with Gasteiger partial charge in [0.2, 0.25) is 0 Å². The van der Waals surface area contributed by atoms with Gasteiger partial charge >= 0.3 is 0 Å². The maximum atomic E-state index is 9.29. The third kappa shape index (κ3) is 3.03. The van der Waals surface area contributed by atoms with E-state index in [9.17, 15) is 5.11 Å². The van der Waals surface area contributed by atoms with E-state index in [1.54, 1.807) is 18.4 Å². The van der Waals surface area contributed by atoms with Gasteiger partial charge in [-0.3, -0.25) is 0 Å². The van der Waals surface area contributed by atoms with E-state index in [0.717, 1.165) is 12.0 Å². The van der Waals surface area contributed by atoms with Crippen LogP contribution in [-0.2, 0) is 13.0 Å². The number of thiophene rings is 1. The molecule has 0 aliphatic rings. The summed E-state index contributed by atoms with van der Waals surface area (Å²) in [6.07, 6.45) is 0.854. The van der Waals surface area contributed by atoms with Gasteiger partial charge in [-0.25, -0.2) is 0 Å². The smallest absolute Gasteiger partial charge is 0.166 e. The van der Waals surface area contributed by atoms with Gasteiger partial charge in [-0.2, -0.15) is 11.3 Å². The summed E-state index contributed by atoms with van der Waals surface area (Å²) in [5, 5.41) is 13.5. The number of aliphatic hydroxyl groups is 1. The lowest BCUT2D eigenvalue weighted by molar-refractivity contribution is 0.256. The molecule has 1 aromatic carbocycles. The van der Waals surface area contributed by atoms with Crippen LogP contribution < -0.4 is 9.47 Å². The highest BCUT2D eigenvalue weighted by molar-refractivity contribution is 7.07. The van der Waals surface area contributed by atoms with Gasteiger partial charge in [0.05, 0.1) is 20.3 Å². The molecule has 0 spiro atoms. The minimum atomic E-state index is -0.0506. The number of benzene rings is 1. The van der Waals surface area contributed by atoms with Crippen molar-refractivity contribution in [3.05, 3.63) is 46.2 Å². The molecule has 2 aromatic rings. The van der Waals surface area contributed by atoms with Crippen molar-refractivity contribution in [3.63, 3.8) is 0 Å². The summed E-state index contributed by atoms with van der Waals surface area (Å²) < 4.78 is 11.0. The molecule has 0 aliphatic carbocycles. The SMILES string of the molecule is COc1cccc(CO)c1OCCc1ccsc1. The summed E-state index contributed by atoms with van der Waals surface area (Å²) in [5.74, 6) is 1.30. The van der Waals surface area contributed by atoms with E-state index in [1.807, 2.05) is 18.2 Å². The van der Waals surface area contributed by atoms with E-state index >= 15 is 0 Å². The van der Waals surface area contributed by atoms with Crippen LogP contribution in [0.5, 0.6) is 11.5 Å². The maximum absolute atomic E-state index is 9.29. The molecule has 0 radical (unpaired) electrons. The van der Waals surface area contributed by atoms with Gasteiger partial charge in [0.15, 0.2) is 11.5 Å². The van der Waals surface area contributed by atoms with Gasteiger partial charge in [-0.15, -0.1) is 0 Å². The van der Waals surface area contributed by atoms with Crippen LogP contribution in [0.15, 0.2) is 35.0 Å². The molecule has 96 valence electrons. The molecule has 0 bridgehead atoms. The first kappa shape index (κ1) is 12.9. The fourth-order valence-corrected chi connectivity index (χ4v) is 2.42. The van der Waals surface area contributed by atoms with E-state index in [1.165, 1.54) is 5.56 Å². The van der Waals surface area contributed by atoms with Crippen molar-refractivity contribution in [3.8, 4) is 11.5 Å². The first-order valence-electron chi connectivity index (χ1n) is 5.75. The standard InChI is InChI=1S/C14H16O3S/c1-16-13-4-2-3-12(9-15)14(13)17-7-5-11-6-8-18-10-11/h2-4,6,8,10,15H,5,7,9H2,1H3. The third-order valence-electron chi connectivity index (χ3n) is 2.67. The molecule has 18 heavy (non-hydrogen) atoms. The quantitative estimate of drug-likeness (QED) is 0.872. The summed E-state index contributed by atoms with van der Waals surface area (Å²) in [4.78, 5) is 0. The van der Waals surface area contributed by atoms with Gasteiger partial charge in [-0.1, -0.05) is 12.1 Å². The topological polar surface area (TPSA) is 38.7 Å². The van der Waals surface area contributed by atoms with Crippen LogP contribution in [0.25, 0.3) is 0 Å². The minimum absolute atomic E-state index is 0.0506. The molecule has 0 atom stereocenters. The summed E-state index contributed by atoms with van der Waals surface area (Å²) in [6.45, 7) is 0.523. The molecule has 4 heteroatoms. The number of hydrogen-bond donors (Lipinski definition) is 1. The predicted octanol–water partition coefficient (Wildman–Crippen LogP) is 2.87. The molecule has 1 aromatic heterocycles. The molecule has 0 unspecified atom stereocenters. The third-order valence-corrected chi connectivity index (χ3v) is 3.40. The van der Waals surface area contributed by atoms with Crippen molar-refractivity contribution in [1.29, 1.82) is 0 Å². The minimum Gasteiger partial charge on any atom is -0.493 e. The van der Waals surface area contributed by atoms with E-state index in [0.29, 0.717) is 18.1 Å². The summed E-state index contributed by atoms with van der Waals surface area (Å²) in [7, 11) is 1.60. The first-order valence-corrected chi connectivity index (χ1v) is 6.70. The summed E-state index contributed by atoms with van der Waals surface area (Å²) in [5.41, 5.74) is 2.01. The van der Waals surface area contributed by atoms with Crippen molar-refractivity contribution in [2.24, 2.45) is 0 Å². The predicted molar refractivity (Wildman–Crippen MR) is 72.4 cm³/mol. The number of ether oxygens (including phenoxy) is 2. The van der Waals surface area contributed by atoms with Crippen LogP contribution >= 0.6 is 11.3 Å². The Labute approximate surface area is 111 Å². The van der Waals surface area contributed by atoms with Crippen molar-refractivity contribution in [2.45, 2.75) is 13.0 Å². The monoisotopic (exact) mass is 264 g/mol. The normalized spacial score (nSPS) is 10.3. The second kappa shape index (κ2) is 6.42. The number of aliphatic hydroxyl groups excluding tert-OH is 1. The molecule has 0 fully saturated rings. The lowest BCUT2D eigenvalue weighted by Gasteiger charge is -2.13. The molecule has 1 heterocycles. The van der Waals surface area contributed by atoms with Crippen LogP contribution in [0.3, 0.4) is 0 Å².